The fourth-order valence-corrected chi connectivity index (χ4v) is 5.75. The number of hydrogen-bond acceptors (Lipinski definition) is 2. The third-order valence-corrected chi connectivity index (χ3v) is 7.50. The van der Waals surface area contributed by atoms with Crippen molar-refractivity contribution >= 4 is 5.97 Å². The maximum Gasteiger partial charge on any atom is 0.312 e. The Balaban J connectivity index is 1.91. The topological polar surface area (TPSA) is 26.3 Å². The molecule has 4 rings (SSSR count). The van der Waals surface area contributed by atoms with E-state index in [4.69, 9.17) is 4.74 Å². The highest BCUT2D eigenvalue weighted by atomic mass is 16.6. The summed E-state index contributed by atoms with van der Waals surface area (Å²) in [6.45, 7) is 10.8. The van der Waals surface area contributed by atoms with Gasteiger partial charge in [0.1, 0.15) is 5.60 Å². The normalized spacial score (nSPS) is 41.5. The van der Waals surface area contributed by atoms with Crippen molar-refractivity contribution in [2.45, 2.75) is 85.2 Å². The van der Waals surface area contributed by atoms with Crippen molar-refractivity contribution in [3.05, 3.63) is 0 Å². The average Bonchev–Trinajstić information content (AvgIpc) is 2.49. The minimum absolute atomic E-state index is 0.0442. The van der Waals surface area contributed by atoms with Crippen LogP contribution in [0.15, 0.2) is 0 Å². The first kappa shape index (κ1) is 16.3. The fourth-order valence-electron chi connectivity index (χ4n) is 5.75. The zero-order valence-electron chi connectivity index (χ0n) is 15.2. The van der Waals surface area contributed by atoms with Crippen LogP contribution < -0.4 is 0 Å². The number of ether oxygens (including phenoxy) is 1. The second-order valence-electron chi connectivity index (χ2n) is 9.09. The molecule has 4 bridgehead atoms. The van der Waals surface area contributed by atoms with E-state index in [1.165, 1.54) is 32.1 Å². The summed E-state index contributed by atoms with van der Waals surface area (Å²) in [6, 6.07) is 0. The lowest BCUT2D eigenvalue weighted by molar-refractivity contribution is -0.234. The van der Waals surface area contributed by atoms with Gasteiger partial charge in [0.15, 0.2) is 0 Å². The molecule has 1 unspecified atom stereocenters. The molecule has 0 amide bonds. The van der Waals surface area contributed by atoms with Gasteiger partial charge in [-0.3, -0.25) is 4.79 Å². The Labute approximate surface area is 136 Å². The van der Waals surface area contributed by atoms with E-state index in [0.717, 1.165) is 24.7 Å². The predicted molar refractivity (Wildman–Crippen MR) is 89.4 cm³/mol. The van der Waals surface area contributed by atoms with Crippen LogP contribution in [0, 0.1) is 35.0 Å². The van der Waals surface area contributed by atoms with Crippen molar-refractivity contribution in [1.82, 2.24) is 0 Å². The van der Waals surface area contributed by atoms with Crippen molar-refractivity contribution in [3.63, 3.8) is 0 Å². The summed E-state index contributed by atoms with van der Waals surface area (Å²) in [5.41, 5.74) is -0.513. The lowest BCUT2D eigenvalue weighted by Gasteiger charge is -2.62. The summed E-state index contributed by atoms with van der Waals surface area (Å²) < 4.78 is 6.48. The molecule has 0 N–H and O–H groups in total. The Hall–Kier alpha value is -0.530. The lowest BCUT2D eigenvalue weighted by atomic mass is 9.47. The van der Waals surface area contributed by atoms with Crippen LogP contribution in [0.25, 0.3) is 0 Å². The van der Waals surface area contributed by atoms with E-state index in [1.54, 1.807) is 0 Å². The van der Waals surface area contributed by atoms with Crippen LogP contribution in [0.3, 0.4) is 0 Å². The van der Waals surface area contributed by atoms with Crippen LogP contribution in [0.4, 0.5) is 0 Å². The SMILES string of the molecule is CCC(C)C1(OC(=O)C(C)(C)CC)C2CC3CC(C2)CC1C3. The second kappa shape index (κ2) is 5.53. The van der Waals surface area contributed by atoms with Gasteiger partial charge in [-0.1, -0.05) is 20.8 Å². The van der Waals surface area contributed by atoms with Crippen LogP contribution >= 0.6 is 0 Å². The summed E-state index contributed by atoms with van der Waals surface area (Å²) in [6.07, 6.45) is 8.62. The van der Waals surface area contributed by atoms with Gasteiger partial charge in [0, 0.05) is 0 Å². The van der Waals surface area contributed by atoms with Crippen molar-refractivity contribution < 1.29 is 9.53 Å². The molecule has 0 aromatic carbocycles. The van der Waals surface area contributed by atoms with E-state index in [-0.39, 0.29) is 17.0 Å². The Morgan fingerprint density at radius 2 is 1.59 bits per heavy atom. The number of rotatable bonds is 5. The van der Waals surface area contributed by atoms with Gasteiger partial charge in [0.05, 0.1) is 5.41 Å². The lowest BCUT2D eigenvalue weighted by Crippen LogP contribution is -2.63. The second-order valence-corrected chi connectivity index (χ2v) is 9.09. The number of carbonyl (C=O) groups excluding carboxylic acids is 1. The minimum Gasteiger partial charge on any atom is -0.458 e. The molecular formula is C20H34O2. The number of carbonyl (C=O) groups is 1. The summed E-state index contributed by atoms with van der Waals surface area (Å²) in [5, 5.41) is 0. The third kappa shape index (κ3) is 2.32. The number of esters is 1. The van der Waals surface area contributed by atoms with E-state index < -0.39 is 0 Å². The molecule has 0 aliphatic heterocycles. The van der Waals surface area contributed by atoms with Gasteiger partial charge in [-0.05, 0) is 88.4 Å². The van der Waals surface area contributed by atoms with Crippen LogP contribution in [0.1, 0.15) is 79.6 Å². The van der Waals surface area contributed by atoms with E-state index >= 15 is 0 Å². The summed E-state index contributed by atoms with van der Waals surface area (Å²) in [5.74, 6) is 3.60. The molecule has 22 heavy (non-hydrogen) atoms. The van der Waals surface area contributed by atoms with Crippen LogP contribution in [-0.4, -0.2) is 11.6 Å². The van der Waals surface area contributed by atoms with Gasteiger partial charge in [-0.2, -0.15) is 0 Å². The van der Waals surface area contributed by atoms with Gasteiger partial charge < -0.3 is 4.74 Å². The summed E-state index contributed by atoms with van der Waals surface area (Å²) in [4.78, 5) is 12.9. The third-order valence-electron chi connectivity index (χ3n) is 7.50. The van der Waals surface area contributed by atoms with E-state index in [2.05, 4.69) is 20.8 Å². The molecule has 0 heterocycles. The van der Waals surface area contributed by atoms with E-state index in [1.807, 2.05) is 13.8 Å². The molecule has 4 fully saturated rings. The van der Waals surface area contributed by atoms with Crippen molar-refractivity contribution in [3.8, 4) is 0 Å². The first-order valence-electron chi connectivity index (χ1n) is 9.56. The Kier molecular flexibility index (Phi) is 4.10. The Morgan fingerprint density at radius 3 is 2.00 bits per heavy atom. The average molecular weight is 306 g/mol. The van der Waals surface area contributed by atoms with Gasteiger partial charge in [0.2, 0.25) is 0 Å². The highest BCUT2D eigenvalue weighted by Crippen LogP contribution is 2.62. The van der Waals surface area contributed by atoms with Gasteiger partial charge >= 0.3 is 5.97 Å². The standard InChI is InChI=1S/C20H34O2/c1-6-13(3)20(22-18(21)19(4,5)7-2)16-9-14-8-15(11-16)12-17(20)10-14/h13-17H,6-12H2,1-5H3. The zero-order valence-corrected chi connectivity index (χ0v) is 15.2. The minimum atomic E-state index is -0.352. The highest BCUT2D eigenvalue weighted by Gasteiger charge is 2.61. The van der Waals surface area contributed by atoms with Crippen molar-refractivity contribution in [1.29, 1.82) is 0 Å². The molecular weight excluding hydrogens is 272 g/mol. The maximum atomic E-state index is 12.9. The molecule has 4 saturated carbocycles. The molecule has 0 aromatic heterocycles. The monoisotopic (exact) mass is 306 g/mol. The first-order valence-corrected chi connectivity index (χ1v) is 9.56. The molecule has 0 radical (unpaired) electrons. The molecule has 1 atom stereocenters. The summed E-state index contributed by atoms with van der Waals surface area (Å²) >= 11 is 0. The molecule has 4 aliphatic carbocycles. The molecule has 2 heteroatoms. The molecule has 126 valence electrons. The molecule has 2 nitrogen and oxygen atoms in total. The molecule has 0 spiro atoms. The maximum absolute atomic E-state index is 12.9. The Bertz CT molecular complexity index is 409. The van der Waals surface area contributed by atoms with Crippen LogP contribution in [0.2, 0.25) is 0 Å². The summed E-state index contributed by atoms with van der Waals surface area (Å²) in [7, 11) is 0. The van der Waals surface area contributed by atoms with Gasteiger partial charge in [-0.25, -0.2) is 0 Å². The molecule has 0 saturated heterocycles. The van der Waals surface area contributed by atoms with Crippen LogP contribution in [0.5, 0.6) is 0 Å². The van der Waals surface area contributed by atoms with Gasteiger partial charge in [0.25, 0.3) is 0 Å². The van der Waals surface area contributed by atoms with E-state index in [0.29, 0.717) is 17.8 Å². The van der Waals surface area contributed by atoms with Crippen LogP contribution in [-0.2, 0) is 9.53 Å². The van der Waals surface area contributed by atoms with E-state index in [9.17, 15) is 4.79 Å². The van der Waals surface area contributed by atoms with Crippen molar-refractivity contribution in [2.24, 2.45) is 35.0 Å². The predicted octanol–water partition coefficient (Wildman–Crippen LogP) is 5.21. The highest BCUT2D eigenvalue weighted by molar-refractivity contribution is 5.76. The zero-order chi connectivity index (χ0) is 16.1. The quantitative estimate of drug-likeness (QED) is 0.652. The molecule has 4 aliphatic rings. The largest absolute Gasteiger partial charge is 0.458 e. The van der Waals surface area contributed by atoms with Crippen molar-refractivity contribution in [2.75, 3.05) is 0 Å². The van der Waals surface area contributed by atoms with Gasteiger partial charge in [-0.15, -0.1) is 0 Å². The molecule has 0 aromatic rings. The Morgan fingerprint density at radius 1 is 1.09 bits per heavy atom. The fraction of sp³-hybridized carbons (Fsp3) is 0.950. The smallest absolute Gasteiger partial charge is 0.312 e. The number of hydrogen-bond donors (Lipinski definition) is 0. The first-order chi connectivity index (χ1) is 10.3.